The van der Waals surface area contributed by atoms with E-state index in [0.29, 0.717) is 25.2 Å². The zero-order chi connectivity index (χ0) is 23.9. The quantitative estimate of drug-likeness (QED) is 0.514. The van der Waals surface area contributed by atoms with E-state index in [1.807, 2.05) is 4.90 Å². The molecular formula is C23H27N3O7. The van der Waals surface area contributed by atoms with E-state index in [-0.39, 0.29) is 36.7 Å². The van der Waals surface area contributed by atoms with Crippen molar-refractivity contribution in [2.45, 2.75) is 57.8 Å². The monoisotopic (exact) mass is 457 g/mol. The van der Waals surface area contributed by atoms with Gasteiger partial charge in [-0.3, -0.25) is 29.4 Å². The molecule has 0 radical (unpaired) electrons. The van der Waals surface area contributed by atoms with Gasteiger partial charge < -0.3 is 14.4 Å². The molecule has 4 rings (SSSR count). The Hall–Kier alpha value is -3.27. The summed E-state index contributed by atoms with van der Waals surface area (Å²) in [4.78, 5) is 64.9. The lowest BCUT2D eigenvalue weighted by Gasteiger charge is -2.28. The van der Waals surface area contributed by atoms with Crippen LogP contribution < -0.4 is 10.2 Å². The van der Waals surface area contributed by atoms with Crippen LogP contribution in [0.1, 0.15) is 60.7 Å². The molecule has 176 valence electrons. The minimum Gasteiger partial charge on any atom is -0.458 e. The molecule has 1 aromatic rings. The lowest BCUT2D eigenvalue weighted by Crippen LogP contribution is -2.54. The first-order valence-electron chi connectivity index (χ1n) is 11.0. The number of imide groups is 2. The lowest BCUT2D eigenvalue weighted by molar-refractivity contribution is -0.161. The molecule has 0 saturated carbocycles. The molecule has 0 spiro atoms. The summed E-state index contributed by atoms with van der Waals surface area (Å²) in [6.07, 6.45) is 0.590. The second-order valence-electron chi connectivity index (χ2n) is 9.40. The molecule has 10 heteroatoms. The minimum absolute atomic E-state index is 0.0689. The van der Waals surface area contributed by atoms with Gasteiger partial charge in [0, 0.05) is 19.5 Å². The first-order chi connectivity index (χ1) is 15.5. The summed E-state index contributed by atoms with van der Waals surface area (Å²) in [7, 11) is 0. The predicted octanol–water partition coefficient (Wildman–Crippen LogP) is 1.02. The van der Waals surface area contributed by atoms with Crippen LogP contribution in [0.3, 0.4) is 0 Å². The van der Waals surface area contributed by atoms with Crippen molar-refractivity contribution in [1.82, 2.24) is 10.2 Å². The smallest absolute Gasteiger partial charge is 0.332 e. The molecule has 0 bridgehead atoms. The topological polar surface area (TPSA) is 122 Å². The van der Waals surface area contributed by atoms with E-state index in [1.54, 1.807) is 39.0 Å². The molecule has 2 atom stereocenters. The van der Waals surface area contributed by atoms with E-state index in [1.165, 1.54) is 0 Å². The number of carbonyl (C=O) groups excluding carboxylic acids is 5. The van der Waals surface area contributed by atoms with Gasteiger partial charge in [-0.25, -0.2) is 4.79 Å². The van der Waals surface area contributed by atoms with E-state index >= 15 is 0 Å². The summed E-state index contributed by atoms with van der Waals surface area (Å²) in [5.74, 6) is -2.58. The standard InChI is InChI=1S/C23H27N3O7/c1-23(2,3)33-18(28)12-32-13-9-10-25(11-13)15-6-4-5-14-19(15)22(31)26(21(14)30)16-7-8-17(27)24-20(16)29/h4-6,13,16H,7-12H2,1-3H3,(H,24,27,29)/t13-,16?/m0/s1. The average Bonchev–Trinajstić information content (AvgIpc) is 3.29. The number of hydrogen-bond acceptors (Lipinski definition) is 8. The largest absolute Gasteiger partial charge is 0.458 e. The van der Waals surface area contributed by atoms with Gasteiger partial charge >= 0.3 is 5.97 Å². The third-order valence-corrected chi connectivity index (χ3v) is 5.79. The average molecular weight is 457 g/mol. The number of esters is 1. The molecule has 1 unspecified atom stereocenters. The van der Waals surface area contributed by atoms with Crippen LogP contribution in [0.4, 0.5) is 5.69 Å². The Morgan fingerprint density at radius 2 is 1.88 bits per heavy atom. The Morgan fingerprint density at radius 3 is 2.58 bits per heavy atom. The fourth-order valence-corrected chi connectivity index (χ4v) is 4.40. The van der Waals surface area contributed by atoms with Gasteiger partial charge in [0.1, 0.15) is 18.2 Å². The Kier molecular flexibility index (Phi) is 5.96. The van der Waals surface area contributed by atoms with E-state index in [4.69, 9.17) is 9.47 Å². The number of fused-ring (bicyclic) bond motifs is 1. The van der Waals surface area contributed by atoms with E-state index in [9.17, 15) is 24.0 Å². The zero-order valence-electron chi connectivity index (χ0n) is 18.9. The molecule has 2 fully saturated rings. The SMILES string of the molecule is CC(C)(C)OC(=O)CO[C@H]1CCN(c2cccc3c2C(=O)N(C2CCC(=O)NC2=O)C3=O)C1. The van der Waals surface area contributed by atoms with Gasteiger partial charge in [-0.15, -0.1) is 0 Å². The van der Waals surface area contributed by atoms with Crippen molar-refractivity contribution in [2.75, 3.05) is 24.6 Å². The number of anilines is 1. The Balaban J connectivity index is 1.47. The molecule has 4 amide bonds. The number of nitrogens with one attached hydrogen (secondary N) is 1. The predicted molar refractivity (Wildman–Crippen MR) is 116 cm³/mol. The van der Waals surface area contributed by atoms with Gasteiger partial charge in [-0.1, -0.05) is 6.07 Å². The van der Waals surface area contributed by atoms with Crippen LogP contribution in [0, 0.1) is 0 Å². The van der Waals surface area contributed by atoms with Crippen molar-refractivity contribution < 1.29 is 33.4 Å². The van der Waals surface area contributed by atoms with Crippen molar-refractivity contribution in [3.05, 3.63) is 29.3 Å². The van der Waals surface area contributed by atoms with Crippen LogP contribution in [-0.4, -0.2) is 71.9 Å². The highest BCUT2D eigenvalue weighted by Crippen LogP contribution is 2.35. The van der Waals surface area contributed by atoms with Crippen LogP contribution in [0.5, 0.6) is 0 Å². The third kappa shape index (κ3) is 4.61. The Morgan fingerprint density at radius 1 is 1.12 bits per heavy atom. The summed E-state index contributed by atoms with van der Waals surface area (Å²) in [5.41, 5.74) is 0.484. The third-order valence-electron chi connectivity index (χ3n) is 5.79. The summed E-state index contributed by atoms with van der Waals surface area (Å²) in [6, 6.07) is 4.01. The van der Waals surface area contributed by atoms with Crippen molar-refractivity contribution in [3.63, 3.8) is 0 Å². The number of ether oxygens (including phenoxy) is 2. The van der Waals surface area contributed by atoms with Crippen LogP contribution in [-0.2, 0) is 23.9 Å². The van der Waals surface area contributed by atoms with Gasteiger partial charge in [0.15, 0.2) is 0 Å². The van der Waals surface area contributed by atoms with Gasteiger partial charge in [-0.05, 0) is 45.7 Å². The number of hydrogen-bond donors (Lipinski definition) is 1. The van der Waals surface area contributed by atoms with Crippen LogP contribution in [0.15, 0.2) is 18.2 Å². The van der Waals surface area contributed by atoms with E-state index in [0.717, 1.165) is 4.90 Å². The summed E-state index contributed by atoms with van der Waals surface area (Å²) >= 11 is 0. The highest BCUT2D eigenvalue weighted by molar-refractivity contribution is 6.25. The second kappa shape index (κ2) is 8.58. The van der Waals surface area contributed by atoms with Gasteiger partial charge in [-0.2, -0.15) is 0 Å². The Labute approximate surface area is 191 Å². The Bertz CT molecular complexity index is 1030. The number of amides is 4. The highest BCUT2D eigenvalue weighted by atomic mass is 16.6. The maximum atomic E-state index is 13.3. The van der Waals surface area contributed by atoms with Crippen molar-refractivity contribution >= 4 is 35.3 Å². The number of rotatable bonds is 5. The van der Waals surface area contributed by atoms with E-state index < -0.39 is 41.2 Å². The molecule has 3 aliphatic rings. The highest BCUT2D eigenvalue weighted by Gasteiger charge is 2.46. The number of benzene rings is 1. The van der Waals surface area contributed by atoms with Crippen molar-refractivity contribution in [1.29, 1.82) is 0 Å². The lowest BCUT2D eigenvalue weighted by atomic mass is 10.0. The van der Waals surface area contributed by atoms with Crippen LogP contribution in [0.25, 0.3) is 0 Å². The normalized spacial score (nSPS) is 23.1. The summed E-state index contributed by atoms with van der Waals surface area (Å²) < 4.78 is 11.0. The van der Waals surface area contributed by atoms with Crippen molar-refractivity contribution in [2.24, 2.45) is 0 Å². The summed E-state index contributed by atoms with van der Waals surface area (Å²) in [5, 5.41) is 2.20. The summed E-state index contributed by atoms with van der Waals surface area (Å²) in [6.45, 7) is 6.22. The molecular weight excluding hydrogens is 430 g/mol. The molecule has 10 nitrogen and oxygen atoms in total. The van der Waals surface area contributed by atoms with E-state index in [2.05, 4.69) is 5.32 Å². The molecule has 33 heavy (non-hydrogen) atoms. The number of carbonyl (C=O) groups is 5. The maximum Gasteiger partial charge on any atom is 0.332 e. The molecule has 0 aromatic heterocycles. The molecule has 1 N–H and O–H groups in total. The van der Waals surface area contributed by atoms with Crippen LogP contribution >= 0.6 is 0 Å². The van der Waals surface area contributed by atoms with Crippen molar-refractivity contribution in [3.8, 4) is 0 Å². The fourth-order valence-electron chi connectivity index (χ4n) is 4.40. The zero-order valence-corrected chi connectivity index (χ0v) is 18.9. The van der Waals surface area contributed by atoms with Gasteiger partial charge in [0.05, 0.1) is 22.9 Å². The van der Waals surface area contributed by atoms with Crippen LogP contribution in [0.2, 0.25) is 0 Å². The molecule has 2 saturated heterocycles. The maximum absolute atomic E-state index is 13.3. The number of piperidine rings is 1. The molecule has 3 heterocycles. The first kappa shape index (κ1) is 22.9. The fraction of sp³-hybridized carbons (Fsp3) is 0.522. The molecule has 3 aliphatic heterocycles. The number of nitrogens with zero attached hydrogens (tertiary/aromatic N) is 2. The molecule has 1 aromatic carbocycles. The second-order valence-corrected chi connectivity index (χ2v) is 9.40. The first-order valence-corrected chi connectivity index (χ1v) is 11.0. The van der Waals surface area contributed by atoms with Gasteiger partial charge in [0.2, 0.25) is 11.8 Å². The molecule has 0 aliphatic carbocycles. The minimum atomic E-state index is -1.01. The van der Waals surface area contributed by atoms with Gasteiger partial charge in [0.25, 0.3) is 11.8 Å².